The first-order valence-corrected chi connectivity index (χ1v) is 5.04. The highest BCUT2D eigenvalue weighted by Gasteiger charge is 2.47. The van der Waals surface area contributed by atoms with E-state index in [1.165, 1.54) is 19.4 Å². The van der Waals surface area contributed by atoms with Crippen molar-refractivity contribution >= 4 is 0 Å². The molecule has 0 saturated heterocycles. The number of hydrogen-bond donors (Lipinski definition) is 1. The van der Waals surface area contributed by atoms with E-state index in [-0.39, 0.29) is 0 Å². The molecule has 1 fully saturated rings. The first kappa shape index (κ1) is 8.13. The van der Waals surface area contributed by atoms with Gasteiger partial charge in [0.25, 0.3) is 0 Å². The van der Waals surface area contributed by atoms with Gasteiger partial charge in [-0.1, -0.05) is 0 Å². The summed E-state index contributed by atoms with van der Waals surface area (Å²) in [5.74, 6) is 9.46. The third-order valence-corrected chi connectivity index (χ3v) is 3.28. The van der Waals surface area contributed by atoms with Gasteiger partial charge >= 0.3 is 0 Å². The van der Waals surface area contributed by atoms with Crippen LogP contribution in [0.15, 0.2) is 0 Å². The quantitative estimate of drug-likeness (QED) is 0.610. The molecule has 0 aromatic heterocycles. The SMILES string of the molecule is CNCC1[C@H]2CCC#CCC[C@@H]12. The van der Waals surface area contributed by atoms with Crippen LogP contribution in [0.5, 0.6) is 0 Å². The van der Waals surface area contributed by atoms with Gasteiger partial charge in [0.05, 0.1) is 0 Å². The second-order valence-electron chi connectivity index (χ2n) is 3.98. The fourth-order valence-electron chi connectivity index (χ4n) is 2.57. The third-order valence-electron chi connectivity index (χ3n) is 3.28. The van der Waals surface area contributed by atoms with Crippen molar-refractivity contribution in [2.24, 2.45) is 17.8 Å². The summed E-state index contributed by atoms with van der Waals surface area (Å²) >= 11 is 0. The summed E-state index contributed by atoms with van der Waals surface area (Å²) in [6, 6.07) is 0. The number of hydrogen-bond acceptors (Lipinski definition) is 1. The van der Waals surface area contributed by atoms with E-state index >= 15 is 0 Å². The van der Waals surface area contributed by atoms with Crippen LogP contribution in [0.4, 0.5) is 0 Å². The lowest BCUT2D eigenvalue weighted by atomic mass is 10.1. The van der Waals surface area contributed by atoms with Crippen molar-refractivity contribution in [1.29, 1.82) is 0 Å². The summed E-state index contributed by atoms with van der Waals surface area (Å²) in [7, 11) is 2.06. The molecule has 0 amide bonds. The lowest BCUT2D eigenvalue weighted by Crippen LogP contribution is -2.11. The molecule has 0 aromatic carbocycles. The number of fused-ring (bicyclic) bond motifs is 1. The van der Waals surface area contributed by atoms with Crippen molar-refractivity contribution < 1.29 is 0 Å². The van der Waals surface area contributed by atoms with Crippen LogP contribution in [0.1, 0.15) is 25.7 Å². The van der Waals surface area contributed by atoms with E-state index < -0.39 is 0 Å². The Morgan fingerprint density at radius 2 is 1.75 bits per heavy atom. The molecule has 2 aliphatic carbocycles. The van der Waals surface area contributed by atoms with Crippen molar-refractivity contribution in [2.45, 2.75) is 25.7 Å². The maximum absolute atomic E-state index is 3.29. The molecule has 0 bridgehead atoms. The van der Waals surface area contributed by atoms with Gasteiger partial charge in [-0.2, -0.15) is 0 Å². The molecule has 1 saturated carbocycles. The molecule has 1 N–H and O–H groups in total. The Bertz CT molecular complexity index is 193. The first-order valence-electron chi connectivity index (χ1n) is 5.04. The lowest BCUT2D eigenvalue weighted by molar-refractivity contribution is 0.618. The minimum absolute atomic E-state index is 0.969. The Kier molecular flexibility index (Phi) is 2.37. The Hall–Kier alpha value is -0.480. The largest absolute Gasteiger partial charge is 0.319 e. The second kappa shape index (κ2) is 3.49. The van der Waals surface area contributed by atoms with Gasteiger partial charge in [0.15, 0.2) is 0 Å². The Morgan fingerprint density at radius 3 is 2.25 bits per heavy atom. The Labute approximate surface area is 74.9 Å². The van der Waals surface area contributed by atoms with Crippen molar-refractivity contribution in [3.8, 4) is 11.8 Å². The zero-order chi connectivity index (χ0) is 8.39. The van der Waals surface area contributed by atoms with Crippen molar-refractivity contribution in [1.82, 2.24) is 5.32 Å². The highest BCUT2D eigenvalue weighted by atomic mass is 14.8. The third kappa shape index (κ3) is 1.49. The molecular formula is C11H17N. The molecule has 1 unspecified atom stereocenters. The average Bonchev–Trinajstić information content (AvgIpc) is 2.61. The van der Waals surface area contributed by atoms with E-state index in [0.717, 1.165) is 30.6 Å². The molecule has 0 aliphatic heterocycles. The number of rotatable bonds is 2. The molecule has 0 radical (unpaired) electrons. The topological polar surface area (TPSA) is 12.0 Å². The summed E-state index contributed by atoms with van der Waals surface area (Å²) in [5.41, 5.74) is 0. The van der Waals surface area contributed by atoms with Crippen molar-refractivity contribution in [2.75, 3.05) is 13.6 Å². The van der Waals surface area contributed by atoms with Gasteiger partial charge in [-0.3, -0.25) is 0 Å². The van der Waals surface area contributed by atoms with Gasteiger partial charge in [0, 0.05) is 12.8 Å². The van der Waals surface area contributed by atoms with Gasteiger partial charge in [0.1, 0.15) is 0 Å². The molecular weight excluding hydrogens is 146 g/mol. The van der Waals surface area contributed by atoms with Crippen LogP contribution in [-0.4, -0.2) is 13.6 Å². The summed E-state index contributed by atoms with van der Waals surface area (Å²) < 4.78 is 0. The molecule has 0 aromatic rings. The Balaban J connectivity index is 1.87. The predicted octanol–water partition coefficient (Wildman–Crippen LogP) is 1.65. The van der Waals surface area contributed by atoms with E-state index in [9.17, 15) is 0 Å². The predicted molar refractivity (Wildman–Crippen MR) is 50.6 cm³/mol. The molecule has 0 heterocycles. The van der Waals surface area contributed by atoms with Crippen LogP contribution in [0.25, 0.3) is 0 Å². The van der Waals surface area contributed by atoms with Gasteiger partial charge in [-0.05, 0) is 44.2 Å². The average molecular weight is 163 g/mol. The standard InChI is InChI=1S/C11H17N/c1-12-8-11-9-6-4-2-3-5-7-10(9)11/h9-12H,4-8H2,1H3/t9-,10+,11?. The molecule has 1 nitrogen and oxygen atoms in total. The van der Waals surface area contributed by atoms with Crippen LogP contribution in [0, 0.1) is 29.6 Å². The zero-order valence-electron chi connectivity index (χ0n) is 7.77. The minimum atomic E-state index is 0.969. The molecule has 1 heteroatoms. The molecule has 2 aliphatic rings. The highest BCUT2D eigenvalue weighted by molar-refractivity contribution is 5.07. The zero-order valence-corrected chi connectivity index (χ0v) is 7.77. The van der Waals surface area contributed by atoms with E-state index in [4.69, 9.17) is 0 Å². The fraction of sp³-hybridized carbons (Fsp3) is 0.818. The van der Waals surface area contributed by atoms with Gasteiger partial charge < -0.3 is 5.32 Å². The van der Waals surface area contributed by atoms with Crippen LogP contribution in [-0.2, 0) is 0 Å². The second-order valence-corrected chi connectivity index (χ2v) is 3.98. The van der Waals surface area contributed by atoms with Crippen LogP contribution in [0.3, 0.4) is 0 Å². The van der Waals surface area contributed by atoms with Gasteiger partial charge in [0.2, 0.25) is 0 Å². The molecule has 66 valence electrons. The summed E-state index contributed by atoms with van der Waals surface area (Å²) in [6.45, 7) is 1.22. The van der Waals surface area contributed by atoms with Crippen LogP contribution in [0.2, 0.25) is 0 Å². The van der Waals surface area contributed by atoms with Gasteiger partial charge in [-0.15, -0.1) is 11.8 Å². The smallest absolute Gasteiger partial charge is 0.00915 e. The summed E-state index contributed by atoms with van der Waals surface area (Å²) in [5, 5.41) is 3.29. The molecule has 12 heavy (non-hydrogen) atoms. The fourth-order valence-corrected chi connectivity index (χ4v) is 2.57. The van der Waals surface area contributed by atoms with Crippen LogP contribution >= 0.6 is 0 Å². The maximum atomic E-state index is 3.29. The lowest BCUT2D eigenvalue weighted by Gasteiger charge is -1.96. The minimum Gasteiger partial charge on any atom is -0.319 e. The van der Waals surface area contributed by atoms with E-state index in [0.29, 0.717) is 0 Å². The van der Waals surface area contributed by atoms with Crippen LogP contribution < -0.4 is 5.32 Å². The molecule has 0 spiro atoms. The van der Waals surface area contributed by atoms with Crippen molar-refractivity contribution in [3.63, 3.8) is 0 Å². The van der Waals surface area contributed by atoms with E-state index in [1.807, 2.05) is 0 Å². The molecule has 3 atom stereocenters. The highest BCUT2D eigenvalue weighted by Crippen LogP contribution is 2.51. The molecule has 2 rings (SSSR count). The monoisotopic (exact) mass is 163 g/mol. The first-order chi connectivity index (χ1) is 5.93. The Morgan fingerprint density at radius 1 is 1.17 bits per heavy atom. The summed E-state index contributed by atoms with van der Waals surface area (Å²) in [6.07, 6.45) is 4.98. The van der Waals surface area contributed by atoms with Crippen molar-refractivity contribution in [3.05, 3.63) is 0 Å². The maximum Gasteiger partial charge on any atom is 0.00915 e. The van der Waals surface area contributed by atoms with E-state index in [2.05, 4.69) is 24.2 Å². The number of nitrogens with one attached hydrogen (secondary N) is 1. The normalized spacial score (nSPS) is 38.6. The van der Waals surface area contributed by atoms with Gasteiger partial charge in [-0.25, -0.2) is 0 Å². The van der Waals surface area contributed by atoms with E-state index in [1.54, 1.807) is 0 Å². The summed E-state index contributed by atoms with van der Waals surface area (Å²) in [4.78, 5) is 0.